The van der Waals surface area contributed by atoms with E-state index >= 15 is 0 Å². The Morgan fingerprint density at radius 2 is 1.96 bits per heavy atom. The molecule has 1 heterocycles. The number of carbonyl (C=O) groups excluding carboxylic acids is 1. The molecule has 0 atom stereocenters. The predicted molar refractivity (Wildman–Crippen MR) is 98.8 cm³/mol. The molecule has 0 aliphatic heterocycles. The molecule has 128 valence electrons. The van der Waals surface area contributed by atoms with Crippen molar-refractivity contribution in [2.45, 2.75) is 13.5 Å². The third-order valence-corrected chi connectivity index (χ3v) is 3.86. The molecule has 0 aliphatic carbocycles. The Balaban J connectivity index is 1.69. The fraction of sp³-hybridized carbons (Fsp3) is 0.100. The molecule has 2 N–H and O–H groups in total. The van der Waals surface area contributed by atoms with E-state index in [1.54, 1.807) is 24.3 Å². The van der Waals surface area contributed by atoms with Crippen molar-refractivity contribution >= 4 is 17.4 Å². The SMILES string of the molecule is Cc1ccccc1CNC(=O)c1cc(Nc2cccc(C#N)c2)ncn1. The van der Waals surface area contributed by atoms with E-state index in [4.69, 9.17) is 5.26 Å². The van der Waals surface area contributed by atoms with Crippen LogP contribution in [0.1, 0.15) is 27.2 Å². The van der Waals surface area contributed by atoms with E-state index in [-0.39, 0.29) is 11.6 Å². The monoisotopic (exact) mass is 343 g/mol. The van der Waals surface area contributed by atoms with Crippen molar-refractivity contribution in [1.82, 2.24) is 15.3 Å². The van der Waals surface area contributed by atoms with Gasteiger partial charge in [-0.15, -0.1) is 0 Å². The fourth-order valence-electron chi connectivity index (χ4n) is 2.44. The van der Waals surface area contributed by atoms with Gasteiger partial charge in [0.2, 0.25) is 0 Å². The molecule has 0 saturated heterocycles. The Morgan fingerprint density at radius 1 is 1.12 bits per heavy atom. The van der Waals surface area contributed by atoms with Gasteiger partial charge in [-0.1, -0.05) is 30.3 Å². The van der Waals surface area contributed by atoms with E-state index in [2.05, 4.69) is 26.7 Å². The summed E-state index contributed by atoms with van der Waals surface area (Å²) >= 11 is 0. The second kappa shape index (κ2) is 7.90. The molecule has 0 unspecified atom stereocenters. The lowest BCUT2D eigenvalue weighted by Crippen LogP contribution is -2.24. The largest absolute Gasteiger partial charge is 0.347 e. The molecule has 0 bridgehead atoms. The van der Waals surface area contributed by atoms with Crippen molar-refractivity contribution < 1.29 is 4.79 Å². The molecule has 6 nitrogen and oxygen atoms in total. The standard InChI is InChI=1S/C20H17N5O/c1-14-5-2-3-7-16(14)12-22-20(26)18-10-19(24-13-23-18)25-17-8-4-6-15(9-17)11-21/h2-10,13H,12H2,1H3,(H,22,26)(H,23,24,25). The Hall–Kier alpha value is -3.72. The summed E-state index contributed by atoms with van der Waals surface area (Å²) in [6, 6.07) is 18.6. The molecule has 0 saturated carbocycles. The highest BCUT2D eigenvalue weighted by molar-refractivity contribution is 5.92. The van der Waals surface area contributed by atoms with Crippen LogP contribution < -0.4 is 10.6 Å². The van der Waals surface area contributed by atoms with Crippen LogP contribution in [0.5, 0.6) is 0 Å². The molecule has 0 aliphatic rings. The molecule has 0 spiro atoms. The van der Waals surface area contributed by atoms with Crippen LogP contribution >= 0.6 is 0 Å². The normalized spacial score (nSPS) is 10.0. The number of hydrogen-bond acceptors (Lipinski definition) is 5. The van der Waals surface area contributed by atoms with Crippen LogP contribution in [0.3, 0.4) is 0 Å². The maximum Gasteiger partial charge on any atom is 0.270 e. The minimum Gasteiger partial charge on any atom is -0.347 e. The average Bonchev–Trinajstić information content (AvgIpc) is 2.67. The third kappa shape index (κ3) is 4.22. The average molecular weight is 343 g/mol. The highest BCUT2D eigenvalue weighted by Gasteiger charge is 2.09. The van der Waals surface area contributed by atoms with Crippen molar-refractivity contribution in [2.24, 2.45) is 0 Å². The van der Waals surface area contributed by atoms with Crippen molar-refractivity contribution in [3.63, 3.8) is 0 Å². The van der Waals surface area contributed by atoms with Crippen LogP contribution in [0, 0.1) is 18.3 Å². The number of nitriles is 1. The zero-order valence-electron chi connectivity index (χ0n) is 14.2. The topological polar surface area (TPSA) is 90.7 Å². The van der Waals surface area contributed by atoms with Gasteiger partial charge < -0.3 is 10.6 Å². The number of nitrogens with zero attached hydrogens (tertiary/aromatic N) is 3. The van der Waals surface area contributed by atoms with Gasteiger partial charge in [0, 0.05) is 18.3 Å². The van der Waals surface area contributed by atoms with Gasteiger partial charge in [-0.05, 0) is 36.2 Å². The lowest BCUT2D eigenvalue weighted by Gasteiger charge is -2.09. The van der Waals surface area contributed by atoms with Crippen LogP contribution in [-0.2, 0) is 6.54 Å². The summed E-state index contributed by atoms with van der Waals surface area (Å²) in [7, 11) is 0. The van der Waals surface area contributed by atoms with Crippen LogP contribution in [0.15, 0.2) is 60.9 Å². The van der Waals surface area contributed by atoms with Gasteiger partial charge in [-0.25, -0.2) is 9.97 Å². The highest BCUT2D eigenvalue weighted by atomic mass is 16.1. The Bertz CT molecular complexity index is 978. The molecule has 3 rings (SSSR count). The minimum absolute atomic E-state index is 0.271. The number of benzene rings is 2. The van der Waals surface area contributed by atoms with Gasteiger partial charge in [0.25, 0.3) is 5.91 Å². The molecule has 1 amide bonds. The molecule has 1 aromatic heterocycles. The Morgan fingerprint density at radius 3 is 2.77 bits per heavy atom. The molecule has 0 radical (unpaired) electrons. The van der Waals surface area contributed by atoms with Crippen LogP contribution in [0.25, 0.3) is 0 Å². The summed E-state index contributed by atoms with van der Waals surface area (Å²) < 4.78 is 0. The smallest absolute Gasteiger partial charge is 0.270 e. The van der Waals surface area contributed by atoms with Gasteiger partial charge in [0.15, 0.2) is 0 Å². The van der Waals surface area contributed by atoms with E-state index < -0.39 is 0 Å². The second-order valence-electron chi connectivity index (χ2n) is 5.72. The molecule has 2 aromatic carbocycles. The first kappa shape index (κ1) is 17.1. The number of carbonyl (C=O) groups is 1. The summed E-state index contributed by atoms with van der Waals surface area (Å²) in [5, 5.41) is 14.9. The number of aryl methyl sites for hydroxylation is 1. The first-order valence-corrected chi connectivity index (χ1v) is 8.07. The van der Waals surface area contributed by atoms with Gasteiger partial charge in [-0.2, -0.15) is 5.26 Å². The number of hydrogen-bond donors (Lipinski definition) is 2. The maximum absolute atomic E-state index is 12.4. The zero-order valence-corrected chi connectivity index (χ0v) is 14.2. The van der Waals surface area contributed by atoms with Gasteiger partial charge in [0.05, 0.1) is 11.6 Å². The first-order valence-electron chi connectivity index (χ1n) is 8.07. The molecule has 6 heteroatoms. The second-order valence-corrected chi connectivity index (χ2v) is 5.72. The van der Waals surface area contributed by atoms with E-state index in [0.29, 0.717) is 23.6 Å². The van der Waals surface area contributed by atoms with Crippen LogP contribution in [0.4, 0.5) is 11.5 Å². The predicted octanol–water partition coefficient (Wildman–Crippen LogP) is 3.33. The Labute approximate surface area is 151 Å². The van der Waals surface area contributed by atoms with Crippen molar-refractivity contribution in [1.29, 1.82) is 5.26 Å². The van der Waals surface area contributed by atoms with Crippen LogP contribution in [0.2, 0.25) is 0 Å². The number of nitrogens with one attached hydrogen (secondary N) is 2. The van der Waals surface area contributed by atoms with E-state index in [1.807, 2.05) is 37.3 Å². The van der Waals surface area contributed by atoms with E-state index in [9.17, 15) is 4.79 Å². The molecular formula is C20H17N5O. The summed E-state index contributed by atoms with van der Waals surface area (Å²) in [4.78, 5) is 20.5. The number of anilines is 2. The number of amides is 1. The quantitative estimate of drug-likeness (QED) is 0.741. The van der Waals surface area contributed by atoms with E-state index in [0.717, 1.165) is 11.1 Å². The lowest BCUT2D eigenvalue weighted by molar-refractivity contribution is 0.0945. The number of aromatic nitrogens is 2. The highest BCUT2D eigenvalue weighted by Crippen LogP contribution is 2.16. The minimum atomic E-state index is -0.274. The Kier molecular flexibility index (Phi) is 5.20. The van der Waals surface area contributed by atoms with Crippen molar-refractivity contribution in [2.75, 3.05) is 5.32 Å². The summed E-state index contributed by atoms with van der Waals surface area (Å²) in [5.41, 5.74) is 3.71. The maximum atomic E-state index is 12.4. The fourth-order valence-corrected chi connectivity index (χ4v) is 2.44. The van der Waals surface area contributed by atoms with Gasteiger partial charge >= 0.3 is 0 Å². The molecule has 3 aromatic rings. The molecule has 26 heavy (non-hydrogen) atoms. The first-order chi connectivity index (χ1) is 12.7. The lowest BCUT2D eigenvalue weighted by atomic mass is 10.1. The summed E-state index contributed by atoms with van der Waals surface area (Å²) in [5.74, 6) is 0.209. The number of rotatable bonds is 5. The summed E-state index contributed by atoms with van der Waals surface area (Å²) in [6.45, 7) is 2.44. The van der Waals surface area contributed by atoms with Crippen LogP contribution in [-0.4, -0.2) is 15.9 Å². The van der Waals surface area contributed by atoms with Gasteiger partial charge in [-0.3, -0.25) is 4.79 Å². The van der Waals surface area contributed by atoms with Gasteiger partial charge in [0.1, 0.15) is 17.8 Å². The zero-order chi connectivity index (χ0) is 18.4. The van der Waals surface area contributed by atoms with Crippen molar-refractivity contribution in [3.05, 3.63) is 83.3 Å². The summed E-state index contributed by atoms with van der Waals surface area (Å²) in [6.07, 6.45) is 1.33. The third-order valence-electron chi connectivity index (χ3n) is 3.86. The molecule has 0 fully saturated rings. The van der Waals surface area contributed by atoms with Crippen molar-refractivity contribution in [3.8, 4) is 6.07 Å². The van der Waals surface area contributed by atoms with E-state index in [1.165, 1.54) is 6.33 Å². The molecular weight excluding hydrogens is 326 g/mol.